The van der Waals surface area contributed by atoms with Crippen LogP contribution in [0.25, 0.3) is 32.0 Å². The van der Waals surface area contributed by atoms with Crippen molar-refractivity contribution in [2.24, 2.45) is 7.05 Å². The minimum atomic E-state index is 0.770. The van der Waals surface area contributed by atoms with E-state index < -0.39 is 0 Å². The molecule has 0 saturated heterocycles. The Bertz CT molecular complexity index is 1000. The molecule has 0 spiro atoms. The molecule has 4 aromatic rings. The lowest BCUT2D eigenvalue weighted by atomic mass is 10.3. The largest absolute Gasteiger partial charge is 0.373 e. The molecule has 0 unspecified atom stereocenters. The van der Waals surface area contributed by atoms with E-state index in [-0.39, 0.29) is 0 Å². The molecule has 0 amide bonds. The molecule has 4 heterocycles. The van der Waals surface area contributed by atoms with Gasteiger partial charge in [0.1, 0.15) is 32.2 Å². The van der Waals surface area contributed by atoms with Crippen LogP contribution in [0, 0.1) is 0 Å². The smallest absolute Gasteiger partial charge is 0.155 e. The number of rotatable bonds is 3. The maximum Gasteiger partial charge on any atom is 0.155 e. The second-order valence-corrected chi connectivity index (χ2v) is 6.10. The molecule has 0 radical (unpaired) electrons. The van der Waals surface area contributed by atoms with Crippen LogP contribution in [0.15, 0.2) is 24.7 Å². The Morgan fingerprint density at radius 2 is 1.91 bits per heavy atom. The van der Waals surface area contributed by atoms with Gasteiger partial charge in [0.15, 0.2) is 5.82 Å². The van der Waals surface area contributed by atoms with Gasteiger partial charge in [0.2, 0.25) is 0 Å². The van der Waals surface area contributed by atoms with Crippen LogP contribution in [0.5, 0.6) is 0 Å². The number of aryl methyl sites for hydroxylation is 1. The highest BCUT2D eigenvalue weighted by Crippen LogP contribution is 2.34. The third kappa shape index (κ3) is 2.10. The predicted molar refractivity (Wildman–Crippen MR) is 94.0 cm³/mol. The SMILES string of the molecule is CNc1ccc(-c2nc3c(nc(NC)c4ncn(C)c43)s2)cn1. The number of nitrogens with zero attached hydrogens (tertiary/aromatic N) is 5. The number of nitrogens with one attached hydrogen (secondary N) is 2. The van der Waals surface area contributed by atoms with Gasteiger partial charge >= 0.3 is 0 Å². The highest BCUT2D eigenvalue weighted by molar-refractivity contribution is 7.21. The Balaban J connectivity index is 1.96. The van der Waals surface area contributed by atoms with Crippen molar-refractivity contribution in [2.75, 3.05) is 24.7 Å². The molecule has 0 atom stereocenters. The van der Waals surface area contributed by atoms with Gasteiger partial charge < -0.3 is 15.2 Å². The predicted octanol–water partition coefficient (Wildman–Crippen LogP) is 2.72. The number of aromatic nitrogens is 5. The van der Waals surface area contributed by atoms with Gasteiger partial charge in [-0.1, -0.05) is 11.3 Å². The molecule has 116 valence electrons. The zero-order valence-corrected chi connectivity index (χ0v) is 13.8. The highest BCUT2D eigenvalue weighted by Gasteiger charge is 2.17. The number of hydrogen-bond donors (Lipinski definition) is 2. The summed E-state index contributed by atoms with van der Waals surface area (Å²) in [7, 11) is 5.67. The average molecular weight is 325 g/mol. The summed E-state index contributed by atoms with van der Waals surface area (Å²) in [6, 6.07) is 3.95. The van der Waals surface area contributed by atoms with E-state index in [0.717, 1.165) is 43.6 Å². The Morgan fingerprint density at radius 3 is 2.61 bits per heavy atom. The monoisotopic (exact) mass is 325 g/mol. The molecule has 0 fully saturated rings. The molecule has 0 saturated carbocycles. The number of imidazole rings is 1. The number of fused-ring (bicyclic) bond motifs is 3. The number of thiazole rings is 1. The molecule has 8 heteroatoms. The van der Waals surface area contributed by atoms with Gasteiger partial charge in [-0.3, -0.25) is 0 Å². The van der Waals surface area contributed by atoms with E-state index >= 15 is 0 Å². The second kappa shape index (κ2) is 5.17. The van der Waals surface area contributed by atoms with Gasteiger partial charge in [-0.25, -0.2) is 19.9 Å². The molecule has 0 aliphatic carbocycles. The van der Waals surface area contributed by atoms with Crippen LogP contribution >= 0.6 is 11.3 Å². The summed E-state index contributed by atoms with van der Waals surface area (Å²) in [5.41, 5.74) is 3.68. The third-order valence-electron chi connectivity index (χ3n) is 3.71. The van der Waals surface area contributed by atoms with Crippen LogP contribution in [0.1, 0.15) is 0 Å². The minimum absolute atomic E-state index is 0.770. The van der Waals surface area contributed by atoms with E-state index in [4.69, 9.17) is 4.98 Å². The summed E-state index contributed by atoms with van der Waals surface area (Å²) < 4.78 is 1.98. The second-order valence-electron chi connectivity index (χ2n) is 5.12. The molecule has 0 aliphatic heterocycles. The molecular formula is C15H15N7S. The Morgan fingerprint density at radius 1 is 1.04 bits per heavy atom. The van der Waals surface area contributed by atoms with E-state index in [2.05, 4.69) is 25.6 Å². The number of anilines is 2. The summed E-state index contributed by atoms with van der Waals surface area (Å²) in [6.45, 7) is 0. The van der Waals surface area contributed by atoms with Crippen LogP contribution < -0.4 is 10.6 Å². The van der Waals surface area contributed by atoms with E-state index in [0.29, 0.717) is 0 Å². The molecule has 0 aromatic carbocycles. The molecule has 2 N–H and O–H groups in total. The average Bonchev–Trinajstić information content (AvgIpc) is 3.17. The fraction of sp³-hybridized carbons (Fsp3) is 0.200. The summed E-state index contributed by atoms with van der Waals surface area (Å²) in [6.07, 6.45) is 3.61. The fourth-order valence-corrected chi connectivity index (χ4v) is 3.48. The van der Waals surface area contributed by atoms with Gasteiger partial charge in [0.25, 0.3) is 0 Å². The summed E-state index contributed by atoms with van der Waals surface area (Å²) in [5, 5.41) is 7.03. The number of hydrogen-bond acceptors (Lipinski definition) is 7. The Labute approximate surface area is 136 Å². The van der Waals surface area contributed by atoms with Gasteiger partial charge in [0, 0.05) is 32.9 Å². The van der Waals surface area contributed by atoms with Crippen molar-refractivity contribution in [3.8, 4) is 10.6 Å². The molecule has 4 rings (SSSR count). The van der Waals surface area contributed by atoms with E-state index in [1.165, 1.54) is 0 Å². The molecule has 0 bridgehead atoms. The number of pyridine rings is 2. The first-order valence-electron chi connectivity index (χ1n) is 7.14. The highest BCUT2D eigenvalue weighted by atomic mass is 32.1. The molecule has 23 heavy (non-hydrogen) atoms. The van der Waals surface area contributed by atoms with E-state index in [1.54, 1.807) is 17.7 Å². The molecule has 4 aromatic heterocycles. The third-order valence-corrected chi connectivity index (χ3v) is 4.71. The standard InChI is InChI=1S/C15H15N7S/c1-16-9-5-4-8(6-18-9)14-20-11-12-10(19-7-22(12)3)13(17-2)21-15(11)23-14/h4-7H,1-3H3,(H,16,18)(H,17,21). The fourth-order valence-electron chi connectivity index (χ4n) is 2.55. The zero-order chi connectivity index (χ0) is 16.0. The van der Waals surface area contributed by atoms with Crippen LogP contribution in [0.4, 0.5) is 11.6 Å². The first-order chi connectivity index (χ1) is 11.2. The van der Waals surface area contributed by atoms with Crippen molar-refractivity contribution in [2.45, 2.75) is 0 Å². The normalized spacial score (nSPS) is 11.3. The van der Waals surface area contributed by atoms with E-state index in [1.807, 2.05) is 44.0 Å². The van der Waals surface area contributed by atoms with Crippen molar-refractivity contribution in [3.05, 3.63) is 24.7 Å². The summed E-state index contributed by atoms with van der Waals surface area (Å²) in [4.78, 5) is 19.1. The summed E-state index contributed by atoms with van der Waals surface area (Å²) >= 11 is 1.56. The van der Waals surface area contributed by atoms with Gasteiger partial charge in [-0.2, -0.15) is 0 Å². The zero-order valence-electron chi connectivity index (χ0n) is 13.0. The van der Waals surface area contributed by atoms with Crippen LogP contribution in [-0.2, 0) is 7.05 Å². The first-order valence-corrected chi connectivity index (χ1v) is 7.96. The van der Waals surface area contributed by atoms with Gasteiger partial charge in [-0.05, 0) is 12.1 Å². The maximum atomic E-state index is 4.78. The van der Waals surface area contributed by atoms with Crippen molar-refractivity contribution in [1.29, 1.82) is 0 Å². The maximum absolute atomic E-state index is 4.78. The van der Waals surface area contributed by atoms with Crippen molar-refractivity contribution < 1.29 is 0 Å². The quantitative estimate of drug-likeness (QED) is 0.603. The molecule has 7 nitrogen and oxygen atoms in total. The van der Waals surface area contributed by atoms with Crippen molar-refractivity contribution in [3.63, 3.8) is 0 Å². The lowest BCUT2D eigenvalue weighted by Crippen LogP contribution is -1.95. The van der Waals surface area contributed by atoms with Crippen molar-refractivity contribution in [1.82, 2.24) is 24.5 Å². The first kappa shape index (κ1) is 13.9. The Kier molecular flexibility index (Phi) is 3.12. The topological polar surface area (TPSA) is 80.5 Å². The van der Waals surface area contributed by atoms with Crippen molar-refractivity contribution >= 4 is 44.4 Å². The van der Waals surface area contributed by atoms with Crippen LogP contribution in [0.3, 0.4) is 0 Å². The van der Waals surface area contributed by atoms with E-state index in [9.17, 15) is 0 Å². The minimum Gasteiger partial charge on any atom is -0.373 e. The van der Waals surface area contributed by atoms with Gasteiger partial charge in [-0.15, -0.1) is 0 Å². The Hall–Kier alpha value is -2.74. The lowest BCUT2D eigenvalue weighted by Gasteiger charge is -2.01. The summed E-state index contributed by atoms with van der Waals surface area (Å²) in [5.74, 6) is 1.60. The lowest BCUT2D eigenvalue weighted by molar-refractivity contribution is 0.949. The molecular weight excluding hydrogens is 310 g/mol. The van der Waals surface area contributed by atoms with Crippen LogP contribution in [-0.4, -0.2) is 38.6 Å². The molecule has 0 aliphatic rings. The van der Waals surface area contributed by atoms with Gasteiger partial charge in [0.05, 0.1) is 6.33 Å². The van der Waals surface area contributed by atoms with Crippen LogP contribution in [0.2, 0.25) is 0 Å².